The molecule has 0 fully saturated rings. The highest BCUT2D eigenvalue weighted by Crippen LogP contribution is 2.31. The van der Waals surface area contributed by atoms with Crippen LogP contribution in [0.15, 0.2) is 53.3 Å². The lowest BCUT2D eigenvalue weighted by atomic mass is 10.1. The van der Waals surface area contributed by atoms with Crippen molar-refractivity contribution in [3.63, 3.8) is 0 Å². The van der Waals surface area contributed by atoms with Crippen molar-refractivity contribution in [1.29, 1.82) is 0 Å². The molecule has 2 aromatic carbocycles. The number of nitrogens with one attached hydrogen (secondary N) is 1. The number of amides is 1. The second-order valence-corrected chi connectivity index (χ2v) is 7.65. The molecular formula is C21H19F3N2O2S. The molecule has 0 aliphatic rings. The zero-order chi connectivity index (χ0) is 21.2. The van der Waals surface area contributed by atoms with Crippen LogP contribution in [0.4, 0.5) is 13.2 Å². The maximum Gasteiger partial charge on any atom is 0.416 e. The third-order valence-electron chi connectivity index (χ3n) is 4.57. The average Bonchev–Trinajstić information content (AvgIpc) is 2.95. The van der Waals surface area contributed by atoms with Crippen LogP contribution in [0.5, 0.6) is 0 Å². The summed E-state index contributed by atoms with van der Waals surface area (Å²) in [6.07, 6.45) is -4.50. The van der Waals surface area contributed by atoms with Crippen LogP contribution < -0.4 is 10.2 Å². The Labute approximate surface area is 169 Å². The molecule has 0 radical (unpaired) electrons. The summed E-state index contributed by atoms with van der Waals surface area (Å²) in [7, 11) is 0. The van der Waals surface area contributed by atoms with E-state index in [0.717, 1.165) is 28.5 Å². The molecule has 1 N–H and O–H groups in total. The first-order valence-electron chi connectivity index (χ1n) is 8.86. The predicted molar refractivity (Wildman–Crippen MR) is 106 cm³/mol. The van der Waals surface area contributed by atoms with E-state index in [9.17, 15) is 22.8 Å². The summed E-state index contributed by atoms with van der Waals surface area (Å²) in [4.78, 5) is 24.8. The quantitative estimate of drug-likeness (QED) is 0.660. The van der Waals surface area contributed by atoms with Crippen LogP contribution in [-0.2, 0) is 19.3 Å². The number of aryl methyl sites for hydroxylation is 1. The molecular weight excluding hydrogens is 401 g/mol. The standard InChI is InChI=1S/C21H19F3N2O2S/c1-13-7-9-15(10-8-13)12-26-14(2)18(29-20(26)28)19(27)25-11-16-5-3-4-6-17(16)21(22,23)24/h3-10H,11-12H2,1-2H3,(H,25,27). The van der Waals surface area contributed by atoms with E-state index in [4.69, 9.17) is 0 Å². The number of carbonyl (C=O) groups is 1. The molecule has 0 bridgehead atoms. The summed E-state index contributed by atoms with van der Waals surface area (Å²) in [6.45, 7) is 3.67. The monoisotopic (exact) mass is 420 g/mol. The molecule has 152 valence electrons. The molecule has 0 spiro atoms. The molecule has 8 heteroatoms. The van der Waals surface area contributed by atoms with Crippen LogP contribution in [-0.4, -0.2) is 10.5 Å². The Balaban J connectivity index is 1.77. The minimum Gasteiger partial charge on any atom is -0.347 e. The SMILES string of the molecule is Cc1ccc(Cn2c(C)c(C(=O)NCc3ccccc3C(F)(F)F)sc2=O)cc1. The molecule has 0 saturated carbocycles. The van der Waals surface area contributed by atoms with Crippen molar-refractivity contribution >= 4 is 17.2 Å². The molecule has 0 aliphatic carbocycles. The van der Waals surface area contributed by atoms with Gasteiger partial charge < -0.3 is 5.32 Å². The van der Waals surface area contributed by atoms with E-state index in [0.29, 0.717) is 12.2 Å². The molecule has 4 nitrogen and oxygen atoms in total. The van der Waals surface area contributed by atoms with Crippen molar-refractivity contribution in [3.05, 3.63) is 91.0 Å². The van der Waals surface area contributed by atoms with Gasteiger partial charge in [0.2, 0.25) is 0 Å². The Morgan fingerprint density at radius 3 is 2.38 bits per heavy atom. The number of rotatable bonds is 5. The van der Waals surface area contributed by atoms with Gasteiger partial charge in [-0.25, -0.2) is 0 Å². The largest absolute Gasteiger partial charge is 0.416 e. The average molecular weight is 420 g/mol. The van der Waals surface area contributed by atoms with Crippen LogP contribution in [0.25, 0.3) is 0 Å². The van der Waals surface area contributed by atoms with Gasteiger partial charge in [0.15, 0.2) is 0 Å². The number of alkyl halides is 3. The highest BCUT2D eigenvalue weighted by molar-refractivity contribution is 7.11. The maximum absolute atomic E-state index is 13.1. The van der Waals surface area contributed by atoms with Gasteiger partial charge >= 0.3 is 11.0 Å². The molecule has 3 aromatic rings. The van der Waals surface area contributed by atoms with Crippen LogP contribution >= 0.6 is 11.3 Å². The molecule has 1 heterocycles. The van der Waals surface area contributed by atoms with Gasteiger partial charge in [-0.15, -0.1) is 0 Å². The zero-order valence-electron chi connectivity index (χ0n) is 15.8. The van der Waals surface area contributed by atoms with E-state index < -0.39 is 17.6 Å². The number of hydrogen-bond acceptors (Lipinski definition) is 3. The second kappa shape index (κ2) is 8.24. The molecule has 0 saturated heterocycles. The van der Waals surface area contributed by atoms with E-state index in [1.807, 2.05) is 31.2 Å². The normalized spacial score (nSPS) is 11.5. The lowest BCUT2D eigenvalue weighted by Gasteiger charge is -2.13. The summed E-state index contributed by atoms with van der Waals surface area (Å²) in [5.74, 6) is -0.566. The zero-order valence-corrected chi connectivity index (χ0v) is 16.7. The van der Waals surface area contributed by atoms with Gasteiger partial charge in [-0.05, 0) is 31.0 Å². The summed E-state index contributed by atoms with van der Waals surface area (Å²) < 4.78 is 40.8. The Hall–Kier alpha value is -2.87. The van der Waals surface area contributed by atoms with E-state index in [-0.39, 0.29) is 21.9 Å². The van der Waals surface area contributed by atoms with Gasteiger partial charge in [-0.3, -0.25) is 14.2 Å². The summed E-state index contributed by atoms with van der Waals surface area (Å²) in [5, 5.41) is 2.50. The molecule has 1 aromatic heterocycles. The van der Waals surface area contributed by atoms with E-state index >= 15 is 0 Å². The number of carbonyl (C=O) groups excluding carboxylic acids is 1. The molecule has 0 unspecified atom stereocenters. The van der Waals surface area contributed by atoms with Crippen molar-refractivity contribution < 1.29 is 18.0 Å². The lowest BCUT2D eigenvalue weighted by molar-refractivity contribution is -0.138. The van der Waals surface area contributed by atoms with Gasteiger partial charge in [0.25, 0.3) is 5.91 Å². The molecule has 1 amide bonds. The van der Waals surface area contributed by atoms with E-state index in [1.54, 1.807) is 6.92 Å². The fraction of sp³-hybridized carbons (Fsp3) is 0.238. The first-order valence-corrected chi connectivity index (χ1v) is 9.67. The summed E-state index contributed by atoms with van der Waals surface area (Å²) in [6, 6.07) is 12.8. The van der Waals surface area contributed by atoms with Gasteiger partial charge in [0, 0.05) is 12.2 Å². The summed E-state index contributed by atoms with van der Waals surface area (Å²) >= 11 is 0.790. The fourth-order valence-corrected chi connectivity index (χ4v) is 3.86. The van der Waals surface area contributed by atoms with Crippen molar-refractivity contribution in [1.82, 2.24) is 9.88 Å². The van der Waals surface area contributed by atoms with Crippen molar-refractivity contribution in [2.75, 3.05) is 0 Å². The van der Waals surface area contributed by atoms with Crippen molar-refractivity contribution in [2.45, 2.75) is 33.1 Å². The second-order valence-electron chi connectivity index (χ2n) is 6.69. The van der Waals surface area contributed by atoms with E-state index in [1.165, 1.54) is 22.8 Å². The first kappa shape index (κ1) is 20.9. The predicted octanol–water partition coefficient (Wildman–Crippen LogP) is 4.52. The fourth-order valence-electron chi connectivity index (χ4n) is 2.95. The Morgan fingerprint density at radius 1 is 1.07 bits per heavy atom. The van der Waals surface area contributed by atoms with Crippen LogP contribution in [0.3, 0.4) is 0 Å². The number of nitrogens with zero attached hydrogens (tertiary/aromatic N) is 1. The number of thiazole rings is 1. The van der Waals surface area contributed by atoms with Gasteiger partial charge in [0.05, 0.1) is 12.1 Å². The van der Waals surface area contributed by atoms with Crippen molar-refractivity contribution in [3.8, 4) is 0 Å². The van der Waals surface area contributed by atoms with Gasteiger partial charge in [-0.1, -0.05) is 59.4 Å². The van der Waals surface area contributed by atoms with Crippen molar-refractivity contribution in [2.24, 2.45) is 0 Å². The molecule has 0 atom stereocenters. The highest BCUT2D eigenvalue weighted by atomic mass is 32.1. The minimum absolute atomic E-state index is 0.0301. The number of hydrogen-bond donors (Lipinski definition) is 1. The third kappa shape index (κ3) is 4.76. The topological polar surface area (TPSA) is 51.1 Å². The lowest BCUT2D eigenvalue weighted by Crippen LogP contribution is -2.24. The van der Waals surface area contributed by atoms with Gasteiger partial charge in [0.1, 0.15) is 4.88 Å². The Morgan fingerprint density at radius 2 is 1.72 bits per heavy atom. The minimum atomic E-state index is -4.50. The maximum atomic E-state index is 13.1. The highest BCUT2D eigenvalue weighted by Gasteiger charge is 2.33. The smallest absolute Gasteiger partial charge is 0.347 e. The van der Waals surface area contributed by atoms with Gasteiger partial charge in [-0.2, -0.15) is 13.2 Å². The van der Waals surface area contributed by atoms with Crippen LogP contribution in [0.2, 0.25) is 0 Å². The number of halogens is 3. The number of benzene rings is 2. The molecule has 0 aliphatic heterocycles. The third-order valence-corrected chi connectivity index (χ3v) is 5.65. The molecule has 29 heavy (non-hydrogen) atoms. The molecule has 3 rings (SSSR count). The van der Waals surface area contributed by atoms with E-state index in [2.05, 4.69) is 5.32 Å². The Bertz CT molecular complexity index is 1080. The first-order chi connectivity index (χ1) is 13.7. The number of aromatic nitrogens is 1. The van der Waals surface area contributed by atoms with Crippen LogP contribution in [0, 0.1) is 13.8 Å². The Kier molecular flexibility index (Phi) is 5.93. The summed E-state index contributed by atoms with van der Waals surface area (Å²) in [5.41, 5.74) is 1.69. The van der Waals surface area contributed by atoms with Crippen LogP contribution in [0.1, 0.15) is 37.6 Å².